The quantitative estimate of drug-likeness (QED) is 0.0662. The Bertz CT molecular complexity index is 1990. The number of benzene rings is 4. The largest absolute Gasteiger partial charge is 0.426 e. The molecule has 1 amide bonds. The number of amides is 1. The van der Waals surface area contributed by atoms with E-state index in [1.54, 1.807) is 62.5 Å². The first-order valence-electron chi connectivity index (χ1n) is 16.4. The third-order valence-electron chi connectivity index (χ3n) is 8.91. The van der Waals surface area contributed by atoms with Crippen molar-refractivity contribution in [2.24, 2.45) is 11.8 Å². The second-order valence-electron chi connectivity index (χ2n) is 12.4. The molecule has 0 aliphatic heterocycles. The van der Waals surface area contributed by atoms with Crippen molar-refractivity contribution >= 4 is 58.6 Å². The number of carbonyl (C=O) groups is 6. The monoisotopic (exact) mass is 705 g/mol. The predicted molar refractivity (Wildman–Crippen MR) is 194 cm³/mol. The van der Waals surface area contributed by atoms with E-state index in [2.05, 4.69) is 0 Å². The number of rotatable bonds is 11. The van der Waals surface area contributed by atoms with Crippen LogP contribution >= 0.6 is 11.6 Å². The van der Waals surface area contributed by atoms with E-state index < -0.39 is 11.9 Å². The molecule has 5 rings (SSSR count). The zero-order chi connectivity index (χ0) is 36.7. The lowest BCUT2D eigenvalue weighted by Crippen LogP contribution is -2.28. The summed E-state index contributed by atoms with van der Waals surface area (Å²) in [5.74, 6) is -1.82. The third kappa shape index (κ3) is 9.32. The van der Waals surface area contributed by atoms with Gasteiger partial charge in [0, 0.05) is 45.9 Å². The van der Waals surface area contributed by atoms with Gasteiger partial charge in [-0.3, -0.25) is 24.0 Å². The first-order chi connectivity index (χ1) is 24.4. The van der Waals surface area contributed by atoms with Crippen molar-refractivity contribution in [3.05, 3.63) is 130 Å². The van der Waals surface area contributed by atoms with Crippen LogP contribution in [0.1, 0.15) is 86.5 Å². The van der Waals surface area contributed by atoms with Crippen molar-refractivity contribution in [1.29, 1.82) is 0 Å². The fourth-order valence-corrected chi connectivity index (χ4v) is 5.89. The zero-order valence-electron chi connectivity index (χ0n) is 28.4. The molecule has 10 heteroatoms. The highest BCUT2D eigenvalue weighted by molar-refractivity contribution is 6.30. The number of anilines is 1. The van der Waals surface area contributed by atoms with Crippen molar-refractivity contribution in [2.75, 3.05) is 11.9 Å². The van der Waals surface area contributed by atoms with E-state index in [1.165, 1.54) is 66.4 Å². The van der Waals surface area contributed by atoms with Gasteiger partial charge in [0.05, 0.1) is 11.5 Å². The minimum Gasteiger partial charge on any atom is -0.426 e. The highest BCUT2D eigenvalue weighted by Crippen LogP contribution is 2.33. The number of nitrogens with zero attached hydrogens (tertiary/aromatic N) is 1. The van der Waals surface area contributed by atoms with Crippen LogP contribution in [-0.4, -0.2) is 42.2 Å². The van der Waals surface area contributed by atoms with Gasteiger partial charge in [-0.25, -0.2) is 4.79 Å². The molecule has 0 radical (unpaired) electrons. The second-order valence-corrected chi connectivity index (χ2v) is 12.9. The van der Waals surface area contributed by atoms with Crippen LogP contribution in [0.5, 0.6) is 11.5 Å². The molecule has 260 valence electrons. The van der Waals surface area contributed by atoms with E-state index >= 15 is 0 Å². The molecule has 0 unspecified atom stereocenters. The highest BCUT2D eigenvalue weighted by Gasteiger charge is 2.30. The maximum Gasteiger partial charge on any atom is 0.343 e. The lowest BCUT2D eigenvalue weighted by Gasteiger charge is -2.25. The lowest BCUT2D eigenvalue weighted by atomic mass is 9.80. The number of ether oxygens (including phenoxy) is 2. The minimum absolute atomic E-state index is 0.0455. The van der Waals surface area contributed by atoms with Crippen LogP contribution in [0.15, 0.2) is 97.1 Å². The van der Waals surface area contributed by atoms with Crippen molar-refractivity contribution < 1.29 is 38.2 Å². The number of hydrogen-bond acceptors (Lipinski definition) is 8. The molecule has 4 aromatic rings. The van der Waals surface area contributed by atoms with Crippen LogP contribution < -0.4 is 14.4 Å². The summed E-state index contributed by atoms with van der Waals surface area (Å²) in [5, 5.41) is 0.488. The van der Waals surface area contributed by atoms with E-state index in [4.69, 9.17) is 21.1 Å². The molecule has 0 N–H and O–H groups in total. The topological polar surface area (TPSA) is 124 Å². The van der Waals surface area contributed by atoms with Gasteiger partial charge in [-0.15, -0.1) is 0 Å². The van der Waals surface area contributed by atoms with Gasteiger partial charge in [0.25, 0.3) is 5.91 Å². The van der Waals surface area contributed by atoms with Crippen molar-refractivity contribution in [2.45, 2.75) is 39.5 Å². The Morgan fingerprint density at radius 1 is 0.686 bits per heavy atom. The zero-order valence-corrected chi connectivity index (χ0v) is 29.1. The molecule has 0 bridgehead atoms. The summed E-state index contributed by atoms with van der Waals surface area (Å²) >= 11 is 5.96. The van der Waals surface area contributed by atoms with Gasteiger partial charge in [0.1, 0.15) is 17.3 Å². The van der Waals surface area contributed by atoms with Crippen molar-refractivity contribution in [3.63, 3.8) is 0 Å². The normalized spacial score (nSPS) is 15.5. The van der Waals surface area contributed by atoms with Gasteiger partial charge < -0.3 is 14.4 Å². The standard InChI is InChI=1S/C41H36ClNO8/c1-25(44)27-4-8-32(9-5-27)41(49)51-38-23-21-36(24-33(38)16-22-37(46)29-12-17-34(42)18-13-29)50-40(48)31-10-6-30(7-11-31)39(47)43(3)35-19-14-28(15-20-35)26(2)45/h6-7,10-24,27,32H,4-5,8-9H2,1-3H3/b22-16+. The van der Waals surface area contributed by atoms with Crippen LogP contribution in [0, 0.1) is 11.8 Å². The first kappa shape index (κ1) is 36.6. The van der Waals surface area contributed by atoms with E-state index in [-0.39, 0.29) is 52.2 Å². The second kappa shape index (κ2) is 16.4. The molecule has 1 saturated carbocycles. The molecule has 9 nitrogen and oxygen atoms in total. The SMILES string of the molecule is CC(=O)c1ccc(N(C)C(=O)c2ccc(C(=O)Oc3ccc(OC(=O)C4CCC(C(C)=O)CC4)c(/C=C/C(=O)c4ccc(Cl)cc4)c3)cc2)cc1. The molecule has 0 saturated heterocycles. The van der Waals surface area contributed by atoms with Crippen LogP contribution in [0.4, 0.5) is 5.69 Å². The van der Waals surface area contributed by atoms with Gasteiger partial charge in [0.2, 0.25) is 0 Å². The Morgan fingerprint density at radius 3 is 1.86 bits per heavy atom. The number of esters is 2. The van der Waals surface area contributed by atoms with E-state index in [0.717, 1.165) is 0 Å². The average Bonchev–Trinajstić information content (AvgIpc) is 3.14. The molecule has 1 fully saturated rings. The summed E-state index contributed by atoms with van der Waals surface area (Å²) in [6, 6.07) is 23.5. The summed E-state index contributed by atoms with van der Waals surface area (Å²) in [6.45, 7) is 3.04. The molecule has 0 spiro atoms. The minimum atomic E-state index is -0.693. The van der Waals surface area contributed by atoms with Gasteiger partial charge >= 0.3 is 11.9 Å². The first-order valence-corrected chi connectivity index (χ1v) is 16.8. The highest BCUT2D eigenvalue weighted by atomic mass is 35.5. The lowest BCUT2D eigenvalue weighted by molar-refractivity contribution is -0.141. The van der Waals surface area contributed by atoms with Crippen LogP contribution in [0.3, 0.4) is 0 Å². The van der Waals surface area contributed by atoms with Crippen LogP contribution in [-0.2, 0) is 9.59 Å². The smallest absolute Gasteiger partial charge is 0.343 e. The molecule has 1 aliphatic carbocycles. The van der Waals surface area contributed by atoms with Gasteiger partial charge in [-0.05, 0) is 143 Å². The Kier molecular flexibility index (Phi) is 11.7. The summed E-state index contributed by atoms with van der Waals surface area (Å²) < 4.78 is 11.4. The number of hydrogen-bond donors (Lipinski definition) is 0. The Hall–Kier alpha value is -5.67. The fraction of sp³-hybridized carbons (Fsp3) is 0.220. The van der Waals surface area contributed by atoms with E-state index in [0.29, 0.717) is 58.6 Å². The van der Waals surface area contributed by atoms with Gasteiger partial charge in [-0.2, -0.15) is 0 Å². The Balaban J connectivity index is 1.31. The van der Waals surface area contributed by atoms with E-state index in [9.17, 15) is 28.8 Å². The Labute approximate surface area is 300 Å². The summed E-state index contributed by atoms with van der Waals surface area (Å²) in [6.07, 6.45) is 5.11. The number of halogens is 1. The molecule has 0 aromatic heterocycles. The maximum atomic E-state index is 13.1. The fourth-order valence-electron chi connectivity index (χ4n) is 5.76. The average molecular weight is 706 g/mol. The van der Waals surface area contributed by atoms with E-state index in [1.807, 2.05) is 0 Å². The summed E-state index contributed by atoms with van der Waals surface area (Å²) in [7, 11) is 1.61. The molecular formula is C41H36ClNO8. The number of Topliss-reactive ketones (excluding diaryl/α,β-unsaturated/α-hetero) is 2. The molecule has 4 aromatic carbocycles. The number of carbonyl (C=O) groups excluding carboxylic acids is 6. The number of ketones is 3. The van der Waals surface area contributed by atoms with Crippen LogP contribution in [0.2, 0.25) is 5.02 Å². The van der Waals surface area contributed by atoms with Gasteiger partial charge in [0.15, 0.2) is 11.6 Å². The van der Waals surface area contributed by atoms with Gasteiger partial charge in [-0.1, -0.05) is 11.6 Å². The summed E-state index contributed by atoms with van der Waals surface area (Å²) in [4.78, 5) is 77.1. The summed E-state index contributed by atoms with van der Waals surface area (Å²) in [5.41, 5.74) is 2.39. The molecule has 0 heterocycles. The third-order valence-corrected chi connectivity index (χ3v) is 9.17. The molecule has 51 heavy (non-hydrogen) atoms. The maximum absolute atomic E-state index is 13.1. The predicted octanol–water partition coefficient (Wildman–Crippen LogP) is 8.24. The Morgan fingerprint density at radius 2 is 1.25 bits per heavy atom. The van der Waals surface area contributed by atoms with Crippen molar-refractivity contribution in [3.8, 4) is 11.5 Å². The molecule has 0 atom stereocenters. The number of allylic oxidation sites excluding steroid dienone is 1. The van der Waals surface area contributed by atoms with Crippen molar-refractivity contribution in [1.82, 2.24) is 0 Å². The molecule has 1 aliphatic rings. The van der Waals surface area contributed by atoms with Crippen LogP contribution in [0.25, 0.3) is 6.08 Å². The molecular weight excluding hydrogens is 670 g/mol.